The van der Waals surface area contributed by atoms with Crippen molar-refractivity contribution >= 4 is 35.7 Å². The van der Waals surface area contributed by atoms with Gasteiger partial charge in [-0.1, -0.05) is 80.6 Å². The van der Waals surface area contributed by atoms with E-state index in [1.807, 2.05) is 7.05 Å². The lowest BCUT2D eigenvalue weighted by Gasteiger charge is -2.67. The third-order valence-corrected chi connectivity index (χ3v) is 15.6. The predicted octanol–water partition coefficient (Wildman–Crippen LogP) is 3.95. The van der Waals surface area contributed by atoms with E-state index in [0.29, 0.717) is 38.4 Å². The highest BCUT2D eigenvalue weighted by Gasteiger charge is 2.78. The average Bonchev–Trinajstić information content (AvgIpc) is 3.46. The first-order chi connectivity index (χ1) is 36.8. The third-order valence-electron chi connectivity index (χ3n) is 15.6. The summed E-state index contributed by atoms with van der Waals surface area (Å²) in [6.07, 6.45) is -10.8. The molecule has 3 aromatic carbocycles. The van der Waals surface area contributed by atoms with E-state index in [1.54, 1.807) is 92.7 Å². The summed E-state index contributed by atoms with van der Waals surface area (Å²) in [6.45, 7) is 10.1. The van der Waals surface area contributed by atoms with Gasteiger partial charge in [0.05, 0.1) is 62.1 Å². The second-order valence-corrected chi connectivity index (χ2v) is 20.7. The number of esters is 3. The number of hydrogen-bond donors (Lipinski definition) is 6. The lowest BCUT2D eigenvalue weighted by atomic mass is 9.44. The molecule has 20 heteroatoms. The van der Waals surface area contributed by atoms with Gasteiger partial charge in [-0.15, -0.1) is 0 Å². The number of hydrogen-bond acceptors (Lipinski definition) is 18. The minimum Gasteiger partial charge on any atom is -0.456 e. The van der Waals surface area contributed by atoms with Crippen LogP contribution < -0.4 is 16.0 Å². The number of rotatable bonds is 24. The van der Waals surface area contributed by atoms with Crippen LogP contribution in [0.1, 0.15) is 92.6 Å². The third kappa shape index (κ3) is 12.4. The number of alkyl carbamates (subject to hydrolysis) is 1. The minimum atomic E-state index is -2.46. The normalized spacial score (nSPS) is 27.9. The molecular weight excluding hydrogens is 999 g/mol. The van der Waals surface area contributed by atoms with Gasteiger partial charge in [-0.05, 0) is 81.3 Å². The van der Waals surface area contributed by atoms with E-state index in [4.69, 9.17) is 37.9 Å². The van der Waals surface area contributed by atoms with Gasteiger partial charge in [-0.25, -0.2) is 14.4 Å². The Hall–Kier alpha value is -6.10. The van der Waals surface area contributed by atoms with E-state index in [-0.39, 0.29) is 55.1 Å². The molecule has 3 fully saturated rings. The zero-order valence-electron chi connectivity index (χ0n) is 44.5. The van der Waals surface area contributed by atoms with Gasteiger partial charge < -0.3 is 69.2 Å². The number of Topliss-reactive ketones (excluding diaryl/α,β-unsaturated/α-hetero) is 1. The second-order valence-electron chi connectivity index (χ2n) is 20.7. The lowest BCUT2D eigenvalue weighted by molar-refractivity contribution is -0.345. The zero-order valence-corrected chi connectivity index (χ0v) is 44.5. The highest BCUT2D eigenvalue weighted by Crippen LogP contribution is 2.64. The maximum atomic E-state index is 16.0. The van der Waals surface area contributed by atoms with Crippen LogP contribution in [0.3, 0.4) is 0 Å². The molecule has 3 aliphatic carbocycles. The fraction of sp³-hybridized carbons (Fsp3) is 0.544. The van der Waals surface area contributed by atoms with Crippen LogP contribution in [0.15, 0.2) is 102 Å². The van der Waals surface area contributed by atoms with E-state index in [9.17, 15) is 39.3 Å². The van der Waals surface area contributed by atoms with Crippen LogP contribution >= 0.6 is 0 Å². The summed E-state index contributed by atoms with van der Waals surface area (Å²) < 4.78 is 47.7. The van der Waals surface area contributed by atoms with Gasteiger partial charge in [0.2, 0.25) is 0 Å². The molecule has 4 aliphatic rings. The molecule has 6 N–H and O–H groups in total. The Balaban J connectivity index is 1.24. The van der Waals surface area contributed by atoms with Gasteiger partial charge in [0, 0.05) is 50.5 Å². The van der Waals surface area contributed by atoms with Crippen LogP contribution in [0, 0.1) is 16.7 Å². The second kappa shape index (κ2) is 25.6. The molecule has 20 nitrogen and oxygen atoms in total. The number of aliphatic hydroxyl groups excluding tert-OH is 2. The summed E-state index contributed by atoms with van der Waals surface area (Å²) in [6, 6.07) is 22.9. The van der Waals surface area contributed by atoms with E-state index in [0.717, 1.165) is 19.9 Å². The number of aliphatic hydroxyl groups is 3. The van der Waals surface area contributed by atoms with Crippen molar-refractivity contribution in [2.45, 2.75) is 114 Å². The van der Waals surface area contributed by atoms with Crippen LogP contribution in [0.4, 0.5) is 4.79 Å². The molecule has 77 heavy (non-hydrogen) atoms. The van der Waals surface area contributed by atoms with Gasteiger partial charge in [0.25, 0.3) is 5.91 Å². The van der Waals surface area contributed by atoms with Gasteiger partial charge in [-0.3, -0.25) is 14.4 Å². The first-order valence-corrected chi connectivity index (χ1v) is 26.2. The minimum absolute atomic E-state index is 0.0303. The number of nitrogens with one attached hydrogen (secondary N) is 3. The lowest BCUT2D eigenvalue weighted by Crippen LogP contribution is -2.82. The Morgan fingerprint density at radius 3 is 1.92 bits per heavy atom. The molecule has 418 valence electrons. The Morgan fingerprint density at radius 2 is 1.35 bits per heavy atom. The molecule has 0 radical (unpaired) electrons. The average molecular weight is 1070 g/mol. The van der Waals surface area contributed by atoms with E-state index in [1.165, 1.54) is 26.0 Å². The standard InChI is InChI=1S/C57H73N3O17/c1-35-40(74-52(67)45(63)44(37-18-10-7-11-19-37)60-50(65)38-20-12-8-13-21-38)33-57(69)49(76-51(66)39-22-14-9-15-23-39)47-55(5,41(62)32-42-56(47,34-73-42)77-36(2)61)48(64)46(43(35)54(57,3)4)75-53(68)59-25-17-27-71-29-31-72-30-28-70-26-16-24-58-6/h7-15,18-23,40-42,44-47,49,58,62-63,69H,16-17,24-34H2,1-6H3,(H,59,68)(H,60,65)/t40-,41-,42?,44-,45+,46+,47-,49-,55?,56-,57+/m0/s1. The fourth-order valence-electron chi connectivity index (χ4n) is 11.4. The van der Waals surface area contributed by atoms with Gasteiger partial charge in [0.1, 0.15) is 23.9 Å². The first kappa shape index (κ1) is 58.6. The largest absolute Gasteiger partial charge is 0.456 e. The van der Waals surface area contributed by atoms with Crippen molar-refractivity contribution in [1.82, 2.24) is 16.0 Å². The SMILES string of the molecule is CNCCCOCCOCCOCCCNC(=O)O[C@H]1C(=O)C2(C)[C@@H](O)CC3OC[C@@]3(OC(C)=O)[C@H]2[C@H](OC(=O)c2ccccc2)[C@]2(O)C[C@H](OC(=O)[C@H](O)[C@@H](NC(=O)c3ccccc3)c3ccccc3)C(C)=C1C2(C)C. The number of carbonyl (C=O) groups excluding carboxylic acids is 6. The van der Waals surface area contributed by atoms with Gasteiger partial charge in [-0.2, -0.15) is 0 Å². The van der Waals surface area contributed by atoms with Crippen LogP contribution in [0.2, 0.25) is 0 Å². The molecule has 7 rings (SSSR count). The summed E-state index contributed by atoms with van der Waals surface area (Å²) in [5, 5.41) is 46.8. The molecule has 2 amide bonds. The molecule has 3 aromatic rings. The van der Waals surface area contributed by atoms with Crippen molar-refractivity contribution in [1.29, 1.82) is 0 Å². The summed E-state index contributed by atoms with van der Waals surface area (Å²) >= 11 is 0. The van der Waals surface area contributed by atoms with E-state index >= 15 is 4.79 Å². The van der Waals surface area contributed by atoms with Crippen molar-refractivity contribution in [3.05, 3.63) is 119 Å². The smallest absolute Gasteiger partial charge is 0.408 e. The molecule has 1 saturated heterocycles. The number of amides is 2. The molecule has 11 atom stereocenters. The molecule has 2 bridgehead atoms. The highest BCUT2D eigenvalue weighted by atomic mass is 16.6. The molecule has 2 unspecified atom stereocenters. The van der Waals surface area contributed by atoms with Crippen molar-refractivity contribution < 1.29 is 82.0 Å². The van der Waals surface area contributed by atoms with Crippen molar-refractivity contribution in [3.8, 4) is 0 Å². The zero-order chi connectivity index (χ0) is 55.5. The molecule has 0 spiro atoms. The predicted molar refractivity (Wildman–Crippen MR) is 276 cm³/mol. The fourth-order valence-corrected chi connectivity index (χ4v) is 11.4. The van der Waals surface area contributed by atoms with Crippen molar-refractivity contribution in [3.63, 3.8) is 0 Å². The number of ether oxygens (including phenoxy) is 8. The van der Waals surface area contributed by atoms with Crippen LogP contribution in [-0.4, -0.2) is 165 Å². The Morgan fingerprint density at radius 1 is 0.779 bits per heavy atom. The number of fused-ring (bicyclic) bond motifs is 5. The number of carbonyl (C=O) groups is 6. The summed E-state index contributed by atoms with van der Waals surface area (Å²) in [4.78, 5) is 86.1. The maximum Gasteiger partial charge on any atom is 0.408 e. The monoisotopic (exact) mass is 1070 g/mol. The van der Waals surface area contributed by atoms with Crippen molar-refractivity contribution in [2.75, 3.05) is 66.4 Å². The van der Waals surface area contributed by atoms with Gasteiger partial charge in [0.15, 0.2) is 23.6 Å². The topological polar surface area (TPSA) is 273 Å². The van der Waals surface area contributed by atoms with Gasteiger partial charge >= 0.3 is 24.0 Å². The summed E-state index contributed by atoms with van der Waals surface area (Å²) in [5.41, 5.74) is -7.45. The molecule has 2 saturated carbocycles. The van der Waals surface area contributed by atoms with Crippen LogP contribution in [-0.2, 0) is 52.3 Å². The maximum absolute atomic E-state index is 16.0. The Kier molecular flexibility index (Phi) is 19.5. The van der Waals surface area contributed by atoms with Crippen molar-refractivity contribution in [2.24, 2.45) is 16.7 Å². The molecular formula is C57H73N3O17. The number of benzene rings is 3. The molecule has 1 aliphatic heterocycles. The highest BCUT2D eigenvalue weighted by molar-refractivity contribution is 5.96. The Bertz CT molecular complexity index is 2570. The molecule has 0 aromatic heterocycles. The van der Waals surface area contributed by atoms with Crippen LogP contribution in [0.25, 0.3) is 0 Å². The van der Waals surface area contributed by atoms with Crippen LogP contribution in [0.5, 0.6) is 0 Å². The summed E-state index contributed by atoms with van der Waals surface area (Å²) in [7, 11) is 1.88. The number of ketones is 1. The van der Waals surface area contributed by atoms with E-state index < -0.39 is 113 Å². The van der Waals surface area contributed by atoms with E-state index in [2.05, 4.69) is 16.0 Å². The molecule has 1 heterocycles. The Labute approximate surface area is 448 Å². The summed E-state index contributed by atoms with van der Waals surface area (Å²) in [5.74, 6) is -6.14. The first-order valence-electron chi connectivity index (χ1n) is 26.2. The quantitative estimate of drug-likeness (QED) is 0.0321.